The van der Waals surface area contributed by atoms with Gasteiger partial charge in [-0.25, -0.2) is 0 Å². The van der Waals surface area contributed by atoms with Crippen LogP contribution in [0.3, 0.4) is 0 Å². The second-order valence-corrected chi connectivity index (χ2v) is 3.00. The quantitative estimate of drug-likeness (QED) is 0.594. The second kappa shape index (κ2) is 2.21. The summed E-state index contributed by atoms with van der Waals surface area (Å²) < 4.78 is 0. The molecule has 1 aliphatic rings. The molecule has 1 aromatic rings. The zero-order valence-corrected chi connectivity index (χ0v) is 6.38. The maximum Gasteiger partial charge on any atom is 0.0341 e. The summed E-state index contributed by atoms with van der Waals surface area (Å²) in [5.74, 6) is 0. The number of benzene rings is 1. The highest BCUT2D eigenvalue weighted by molar-refractivity contribution is 5.71. The van der Waals surface area contributed by atoms with E-state index in [1.54, 1.807) is 0 Å². The summed E-state index contributed by atoms with van der Waals surface area (Å²) in [5, 5.41) is 0. The predicted octanol–water partition coefficient (Wildman–Crippen LogP) is 2.10. The molecule has 2 rings (SSSR count). The first kappa shape index (κ1) is 6.62. The Kier molecular flexibility index (Phi) is 1.33. The Labute approximate surface area is 66.5 Å². The molecule has 0 radical (unpaired) electrons. The molecule has 56 valence electrons. The van der Waals surface area contributed by atoms with Crippen LogP contribution >= 0.6 is 0 Å². The maximum absolute atomic E-state index is 5.88. The van der Waals surface area contributed by atoms with Crippen molar-refractivity contribution in [2.24, 2.45) is 5.73 Å². The molecule has 0 heterocycles. The number of nitrogens with two attached hydrogens (primary N) is 1. The van der Waals surface area contributed by atoms with Crippen LogP contribution in [0, 0.1) is 0 Å². The predicted molar refractivity (Wildman–Crippen MR) is 47.0 cm³/mol. The molecule has 0 spiro atoms. The van der Waals surface area contributed by atoms with Crippen molar-refractivity contribution < 1.29 is 0 Å². The summed E-state index contributed by atoms with van der Waals surface area (Å²) in [5.41, 5.74) is 9.55. The highest BCUT2D eigenvalue weighted by atomic mass is 14.6. The fourth-order valence-corrected chi connectivity index (χ4v) is 1.63. The van der Waals surface area contributed by atoms with Crippen molar-refractivity contribution in [2.75, 3.05) is 0 Å². The first-order valence-corrected chi connectivity index (χ1v) is 3.81. The van der Waals surface area contributed by atoms with Crippen molar-refractivity contribution in [1.29, 1.82) is 0 Å². The fourth-order valence-electron chi connectivity index (χ4n) is 1.63. The lowest BCUT2D eigenvalue weighted by molar-refractivity contribution is 0.783. The molecule has 0 saturated carbocycles. The van der Waals surface area contributed by atoms with Gasteiger partial charge in [-0.2, -0.15) is 0 Å². The van der Waals surface area contributed by atoms with Crippen molar-refractivity contribution in [2.45, 2.75) is 12.5 Å². The second-order valence-electron chi connectivity index (χ2n) is 3.00. The van der Waals surface area contributed by atoms with Crippen molar-refractivity contribution in [3.63, 3.8) is 0 Å². The molecule has 1 atom stereocenters. The third-order valence-electron chi connectivity index (χ3n) is 2.21. The molecule has 1 aromatic carbocycles. The van der Waals surface area contributed by atoms with Gasteiger partial charge in [0, 0.05) is 6.04 Å². The van der Waals surface area contributed by atoms with Gasteiger partial charge in [-0.1, -0.05) is 30.8 Å². The Hall–Kier alpha value is -1.08. The fraction of sp³-hybridized carbons (Fsp3) is 0.200. The summed E-state index contributed by atoms with van der Waals surface area (Å²) in [7, 11) is 0. The molecule has 0 saturated heterocycles. The lowest BCUT2D eigenvalue weighted by Gasteiger charge is -2.01. The zero-order chi connectivity index (χ0) is 7.84. The van der Waals surface area contributed by atoms with Crippen LogP contribution in [0.5, 0.6) is 0 Å². The maximum atomic E-state index is 5.88. The molecule has 0 amide bonds. The summed E-state index contributed by atoms with van der Waals surface area (Å²) in [6, 6.07) is 8.40. The van der Waals surface area contributed by atoms with Crippen LogP contribution in [-0.4, -0.2) is 0 Å². The van der Waals surface area contributed by atoms with Crippen LogP contribution < -0.4 is 5.73 Å². The molecule has 11 heavy (non-hydrogen) atoms. The number of fused-ring (bicyclic) bond motifs is 1. The molecule has 1 nitrogen and oxygen atoms in total. The third-order valence-corrected chi connectivity index (χ3v) is 2.21. The van der Waals surface area contributed by atoms with Crippen molar-refractivity contribution in [1.82, 2.24) is 0 Å². The molecular formula is C10H11N. The summed E-state index contributed by atoms with van der Waals surface area (Å²) in [6.45, 7) is 3.97. The van der Waals surface area contributed by atoms with Gasteiger partial charge >= 0.3 is 0 Å². The van der Waals surface area contributed by atoms with Crippen LogP contribution in [0.2, 0.25) is 0 Å². The lowest BCUT2D eigenvalue weighted by atomic mass is 10.1. The standard InChI is InChI=1S/C10H11N/c1-7-6-10(11)9-5-3-2-4-8(7)9/h2-5,10H,1,6,11H2. The van der Waals surface area contributed by atoms with Gasteiger partial charge in [0.15, 0.2) is 0 Å². The third kappa shape index (κ3) is 0.889. The van der Waals surface area contributed by atoms with Crippen LogP contribution in [0.1, 0.15) is 23.6 Å². The van der Waals surface area contributed by atoms with Gasteiger partial charge in [0.2, 0.25) is 0 Å². The van der Waals surface area contributed by atoms with Crippen LogP contribution in [0.25, 0.3) is 5.57 Å². The number of hydrogen-bond donors (Lipinski definition) is 1. The number of hydrogen-bond acceptors (Lipinski definition) is 1. The molecule has 0 bridgehead atoms. The molecule has 1 heteroatoms. The van der Waals surface area contributed by atoms with E-state index < -0.39 is 0 Å². The molecule has 2 N–H and O–H groups in total. The van der Waals surface area contributed by atoms with E-state index in [1.807, 2.05) is 12.1 Å². The van der Waals surface area contributed by atoms with Gasteiger partial charge in [-0.15, -0.1) is 0 Å². The molecule has 1 unspecified atom stereocenters. The normalized spacial score (nSPS) is 21.9. The van der Waals surface area contributed by atoms with Crippen molar-refractivity contribution >= 4 is 5.57 Å². The Morgan fingerprint density at radius 2 is 2.09 bits per heavy atom. The van der Waals surface area contributed by atoms with E-state index in [9.17, 15) is 0 Å². The first-order valence-electron chi connectivity index (χ1n) is 3.81. The van der Waals surface area contributed by atoms with Crippen molar-refractivity contribution in [3.05, 3.63) is 42.0 Å². The summed E-state index contributed by atoms with van der Waals surface area (Å²) >= 11 is 0. The number of rotatable bonds is 0. The van der Waals surface area contributed by atoms with E-state index >= 15 is 0 Å². The van der Waals surface area contributed by atoms with E-state index in [0.29, 0.717) is 0 Å². The summed E-state index contributed by atoms with van der Waals surface area (Å²) in [4.78, 5) is 0. The average molecular weight is 145 g/mol. The Bertz CT molecular complexity index is 301. The smallest absolute Gasteiger partial charge is 0.0341 e. The summed E-state index contributed by atoms with van der Waals surface area (Å²) in [6.07, 6.45) is 0.916. The lowest BCUT2D eigenvalue weighted by Crippen LogP contribution is -2.04. The topological polar surface area (TPSA) is 26.0 Å². The van der Waals surface area contributed by atoms with Gasteiger partial charge in [-0.3, -0.25) is 0 Å². The van der Waals surface area contributed by atoms with Gasteiger partial charge in [-0.05, 0) is 23.1 Å². The van der Waals surface area contributed by atoms with Gasteiger partial charge in [0.1, 0.15) is 0 Å². The van der Waals surface area contributed by atoms with Crippen LogP contribution in [-0.2, 0) is 0 Å². The van der Waals surface area contributed by atoms with E-state index in [1.165, 1.54) is 16.7 Å². The monoisotopic (exact) mass is 145 g/mol. The molecular weight excluding hydrogens is 134 g/mol. The minimum atomic E-state index is 0.179. The van der Waals surface area contributed by atoms with Gasteiger partial charge in [0.25, 0.3) is 0 Å². The minimum absolute atomic E-state index is 0.179. The Balaban J connectivity index is 2.60. The van der Waals surface area contributed by atoms with Crippen LogP contribution in [0.4, 0.5) is 0 Å². The molecule has 1 aliphatic carbocycles. The Morgan fingerprint density at radius 3 is 2.82 bits per heavy atom. The van der Waals surface area contributed by atoms with E-state index in [2.05, 4.69) is 18.7 Å². The largest absolute Gasteiger partial charge is 0.324 e. The van der Waals surface area contributed by atoms with E-state index in [0.717, 1.165) is 6.42 Å². The van der Waals surface area contributed by atoms with Crippen LogP contribution in [0.15, 0.2) is 30.8 Å². The SMILES string of the molecule is C=C1CC(N)c2ccccc21. The van der Waals surface area contributed by atoms with Gasteiger partial charge in [0.05, 0.1) is 0 Å². The van der Waals surface area contributed by atoms with Gasteiger partial charge < -0.3 is 5.73 Å². The Morgan fingerprint density at radius 1 is 1.36 bits per heavy atom. The first-order chi connectivity index (χ1) is 5.29. The van der Waals surface area contributed by atoms with Crippen molar-refractivity contribution in [3.8, 4) is 0 Å². The average Bonchev–Trinajstić information content (AvgIpc) is 2.30. The highest BCUT2D eigenvalue weighted by Crippen LogP contribution is 2.36. The zero-order valence-electron chi connectivity index (χ0n) is 6.38. The van der Waals surface area contributed by atoms with E-state index in [4.69, 9.17) is 5.73 Å². The minimum Gasteiger partial charge on any atom is -0.324 e. The molecule has 0 aliphatic heterocycles. The van der Waals surface area contributed by atoms with E-state index in [-0.39, 0.29) is 6.04 Å². The highest BCUT2D eigenvalue weighted by Gasteiger charge is 2.20. The molecule has 0 fully saturated rings. The molecule has 0 aromatic heterocycles.